The lowest BCUT2D eigenvalue weighted by atomic mass is 10.2. The molecule has 0 aromatic heterocycles. The minimum Gasteiger partial charge on any atom is -0.488 e. The van der Waals surface area contributed by atoms with Gasteiger partial charge in [-0.1, -0.05) is 0 Å². The molecule has 0 aliphatic carbocycles. The van der Waals surface area contributed by atoms with E-state index in [2.05, 4.69) is 5.32 Å². The maximum atomic E-state index is 11.9. The van der Waals surface area contributed by atoms with E-state index in [1.807, 2.05) is 0 Å². The molecule has 1 aromatic rings. The maximum absolute atomic E-state index is 11.9. The van der Waals surface area contributed by atoms with Crippen molar-refractivity contribution in [3.8, 4) is 5.75 Å². The molecular formula is C12H16F2N2O3. The number of carbonyl (C=O) groups excluding carboxylic acids is 1. The molecule has 0 aliphatic rings. The molecule has 1 unspecified atom stereocenters. The molecule has 1 aromatic carbocycles. The van der Waals surface area contributed by atoms with Crippen LogP contribution in [0.4, 0.5) is 14.5 Å². The van der Waals surface area contributed by atoms with Crippen molar-refractivity contribution in [1.82, 2.24) is 0 Å². The predicted octanol–water partition coefficient (Wildman–Crippen LogP) is 1.24. The van der Waals surface area contributed by atoms with Crippen molar-refractivity contribution in [2.24, 2.45) is 5.73 Å². The molecule has 0 saturated carbocycles. The highest BCUT2D eigenvalue weighted by Gasteiger charge is 2.13. The van der Waals surface area contributed by atoms with E-state index >= 15 is 0 Å². The molecule has 0 fully saturated rings. The molecule has 1 rings (SSSR count). The molecule has 106 valence electrons. The number of carbonyl (C=O) groups is 1. The van der Waals surface area contributed by atoms with E-state index in [9.17, 15) is 13.6 Å². The monoisotopic (exact) mass is 274 g/mol. The van der Waals surface area contributed by atoms with Gasteiger partial charge in [-0.05, 0) is 24.3 Å². The van der Waals surface area contributed by atoms with Crippen LogP contribution in [-0.4, -0.2) is 38.7 Å². The summed E-state index contributed by atoms with van der Waals surface area (Å²) in [6.07, 6.45) is -2.52. The zero-order valence-electron chi connectivity index (χ0n) is 10.4. The minimum atomic E-state index is -2.52. The van der Waals surface area contributed by atoms with E-state index in [0.29, 0.717) is 11.4 Å². The number of nitrogens with two attached hydrogens (primary N) is 1. The van der Waals surface area contributed by atoms with Crippen molar-refractivity contribution in [2.75, 3.05) is 25.6 Å². The quantitative estimate of drug-likeness (QED) is 0.784. The second kappa shape index (κ2) is 7.65. The third-order valence-electron chi connectivity index (χ3n) is 2.18. The Kier molecular flexibility index (Phi) is 6.17. The van der Waals surface area contributed by atoms with Crippen LogP contribution in [-0.2, 0) is 9.53 Å². The van der Waals surface area contributed by atoms with Gasteiger partial charge < -0.3 is 20.5 Å². The Morgan fingerprint density at radius 2 is 1.95 bits per heavy atom. The third-order valence-corrected chi connectivity index (χ3v) is 2.18. The Morgan fingerprint density at radius 3 is 2.47 bits per heavy atom. The summed E-state index contributed by atoms with van der Waals surface area (Å²) < 4.78 is 33.4. The molecule has 0 spiro atoms. The van der Waals surface area contributed by atoms with Crippen LogP contribution in [0.1, 0.15) is 0 Å². The summed E-state index contributed by atoms with van der Waals surface area (Å²) in [4.78, 5) is 11.6. The summed E-state index contributed by atoms with van der Waals surface area (Å²) in [6, 6.07) is 5.29. The van der Waals surface area contributed by atoms with Crippen molar-refractivity contribution >= 4 is 11.6 Å². The van der Waals surface area contributed by atoms with Gasteiger partial charge in [0.2, 0.25) is 5.91 Å². The average molecular weight is 274 g/mol. The fourth-order valence-electron chi connectivity index (χ4n) is 1.28. The van der Waals surface area contributed by atoms with E-state index in [1.165, 1.54) is 31.4 Å². The van der Waals surface area contributed by atoms with Crippen molar-refractivity contribution in [1.29, 1.82) is 0 Å². The van der Waals surface area contributed by atoms with Crippen molar-refractivity contribution < 1.29 is 23.0 Å². The standard InChI is InChI=1S/C12H16F2N2O3/c1-18-6-10(15)12(17)16-8-2-4-9(5-3-8)19-7-11(13)14/h2-5,10-11H,6-7,15H2,1H3,(H,16,17). The highest BCUT2D eigenvalue weighted by molar-refractivity contribution is 5.94. The first-order chi connectivity index (χ1) is 9.02. The van der Waals surface area contributed by atoms with Gasteiger partial charge in [-0.2, -0.15) is 0 Å². The van der Waals surface area contributed by atoms with Crippen LogP contribution in [0.3, 0.4) is 0 Å². The number of halogens is 2. The van der Waals surface area contributed by atoms with Gasteiger partial charge >= 0.3 is 0 Å². The zero-order chi connectivity index (χ0) is 14.3. The van der Waals surface area contributed by atoms with Crippen LogP contribution in [0, 0.1) is 0 Å². The Hall–Kier alpha value is -1.73. The number of anilines is 1. The number of ether oxygens (including phenoxy) is 2. The third kappa shape index (κ3) is 5.62. The summed E-state index contributed by atoms with van der Waals surface area (Å²) in [5.74, 6) is -0.0809. The van der Waals surface area contributed by atoms with Gasteiger partial charge in [-0.3, -0.25) is 4.79 Å². The van der Waals surface area contributed by atoms with Gasteiger partial charge in [0, 0.05) is 12.8 Å². The fourth-order valence-corrected chi connectivity index (χ4v) is 1.28. The lowest BCUT2D eigenvalue weighted by Gasteiger charge is -2.11. The van der Waals surface area contributed by atoms with E-state index in [4.69, 9.17) is 15.2 Å². The minimum absolute atomic E-state index is 0.113. The second-order valence-corrected chi connectivity index (χ2v) is 3.78. The number of methoxy groups -OCH3 is 1. The highest BCUT2D eigenvalue weighted by Crippen LogP contribution is 2.16. The topological polar surface area (TPSA) is 73.6 Å². The van der Waals surface area contributed by atoms with E-state index in [0.717, 1.165) is 0 Å². The summed E-state index contributed by atoms with van der Waals surface area (Å²) in [7, 11) is 1.45. The summed E-state index contributed by atoms with van der Waals surface area (Å²) in [5.41, 5.74) is 6.04. The number of rotatable bonds is 7. The van der Waals surface area contributed by atoms with Crippen LogP contribution in [0.25, 0.3) is 0 Å². The first-order valence-corrected chi connectivity index (χ1v) is 5.59. The van der Waals surface area contributed by atoms with Gasteiger partial charge in [0.1, 0.15) is 18.4 Å². The van der Waals surface area contributed by atoms with Gasteiger partial charge in [-0.15, -0.1) is 0 Å². The maximum Gasteiger partial charge on any atom is 0.272 e. The molecule has 1 amide bonds. The van der Waals surface area contributed by atoms with Gasteiger partial charge in [0.25, 0.3) is 6.43 Å². The van der Waals surface area contributed by atoms with Crippen LogP contribution in [0.15, 0.2) is 24.3 Å². The lowest BCUT2D eigenvalue weighted by Crippen LogP contribution is -2.39. The summed E-state index contributed by atoms with van der Waals surface area (Å²) in [5, 5.41) is 2.57. The number of benzene rings is 1. The van der Waals surface area contributed by atoms with Crippen molar-refractivity contribution in [2.45, 2.75) is 12.5 Å². The highest BCUT2D eigenvalue weighted by atomic mass is 19.3. The lowest BCUT2D eigenvalue weighted by molar-refractivity contribution is -0.118. The van der Waals surface area contributed by atoms with E-state index < -0.39 is 19.1 Å². The fraction of sp³-hybridized carbons (Fsp3) is 0.417. The number of alkyl halides is 2. The van der Waals surface area contributed by atoms with Gasteiger partial charge in [0.15, 0.2) is 0 Å². The van der Waals surface area contributed by atoms with Crippen LogP contribution in [0.2, 0.25) is 0 Å². The molecule has 5 nitrogen and oxygen atoms in total. The van der Waals surface area contributed by atoms with Gasteiger partial charge in [-0.25, -0.2) is 8.78 Å². The molecule has 0 aliphatic heterocycles. The zero-order valence-corrected chi connectivity index (χ0v) is 10.4. The molecule has 0 bridgehead atoms. The molecule has 0 heterocycles. The Balaban J connectivity index is 2.50. The summed E-state index contributed by atoms with van der Waals surface area (Å²) in [6.45, 7) is -0.550. The Morgan fingerprint density at radius 1 is 1.32 bits per heavy atom. The molecular weight excluding hydrogens is 258 g/mol. The molecule has 0 saturated heterocycles. The average Bonchev–Trinajstić information content (AvgIpc) is 2.38. The van der Waals surface area contributed by atoms with Crippen LogP contribution < -0.4 is 15.8 Å². The first-order valence-electron chi connectivity index (χ1n) is 5.59. The number of hydrogen-bond donors (Lipinski definition) is 2. The largest absolute Gasteiger partial charge is 0.488 e. The van der Waals surface area contributed by atoms with Crippen molar-refractivity contribution in [3.05, 3.63) is 24.3 Å². The van der Waals surface area contributed by atoms with E-state index in [1.54, 1.807) is 0 Å². The second-order valence-electron chi connectivity index (χ2n) is 3.78. The van der Waals surface area contributed by atoms with Crippen molar-refractivity contribution in [3.63, 3.8) is 0 Å². The first kappa shape index (κ1) is 15.3. The van der Waals surface area contributed by atoms with Crippen LogP contribution >= 0.6 is 0 Å². The smallest absolute Gasteiger partial charge is 0.272 e. The molecule has 7 heteroatoms. The Labute approximate surface area is 109 Å². The SMILES string of the molecule is COCC(N)C(=O)Nc1ccc(OCC(F)F)cc1. The normalized spacial score (nSPS) is 12.3. The molecule has 19 heavy (non-hydrogen) atoms. The number of hydrogen-bond acceptors (Lipinski definition) is 4. The van der Waals surface area contributed by atoms with Crippen LogP contribution in [0.5, 0.6) is 5.75 Å². The number of amides is 1. The van der Waals surface area contributed by atoms with Gasteiger partial charge in [0.05, 0.1) is 6.61 Å². The van der Waals surface area contributed by atoms with E-state index in [-0.39, 0.29) is 12.5 Å². The molecule has 3 N–H and O–H groups in total. The summed E-state index contributed by atoms with van der Waals surface area (Å²) >= 11 is 0. The Bertz CT molecular complexity index is 398. The molecule has 0 radical (unpaired) electrons. The molecule has 1 atom stereocenters. The predicted molar refractivity (Wildman–Crippen MR) is 66.4 cm³/mol. The number of nitrogens with one attached hydrogen (secondary N) is 1.